The zero-order chi connectivity index (χ0) is 10.8. The van der Waals surface area contributed by atoms with Crippen LogP contribution in [0.25, 0.3) is 0 Å². The Kier molecular flexibility index (Phi) is 2.73. The van der Waals surface area contributed by atoms with E-state index in [9.17, 15) is 4.79 Å². The first-order valence-corrected chi connectivity index (χ1v) is 5.07. The van der Waals surface area contributed by atoms with E-state index in [0.717, 1.165) is 24.5 Å². The van der Waals surface area contributed by atoms with E-state index in [-0.39, 0.29) is 11.9 Å². The third-order valence-corrected chi connectivity index (χ3v) is 2.80. The highest BCUT2D eigenvalue weighted by Gasteiger charge is 2.26. The Morgan fingerprint density at radius 3 is 3.27 bits per heavy atom. The zero-order valence-electron chi connectivity index (χ0n) is 8.77. The van der Waals surface area contributed by atoms with Gasteiger partial charge in [0.2, 0.25) is 0 Å². The van der Waals surface area contributed by atoms with Crippen LogP contribution in [0.2, 0.25) is 0 Å². The number of carbonyl (C=O) groups is 1. The van der Waals surface area contributed by atoms with E-state index in [4.69, 9.17) is 10.5 Å². The fourth-order valence-electron chi connectivity index (χ4n) is 1.95. The molecule has 0 fully saturated rings. The molecule has 1 aliphatic heterocycles. The lowest BCUT2D eigenvalue weighted by atomic mass is 9.98. The van der Waals surface area contributed by atoms with Crippen molar-refractivity contribution >= 4 is 5.97 Å². The maximum Gasteiger partial charge on any atom is 0.309 e. The first-order valence-electron chi connectivity index (χ1n) is 5.07. The van der Waals surface area contributed by atoms with Crippen molar-refractivity contribution in [3.8, 4) is 0 Å². The summed E-state index contributed by atoms with van der Waals surface area (Å²) in [5, 5.41) is 0. The highest BCUT2D eigenvalue weighted by atomic mass is 16.5. The number of aromatic nitrogens is 2. The quantitative estimate of drug-likeness (QED) is 0.700. The minimum Gasteiger partial charge on any atom is -0.469 e. The third kappa shape index (κ3) is 1.87. The van der Waals surface area contributed by atoms with Crippen molar-refractivity contribution in [3.05, 3.63) is 17.7 Å². The third-order valence-electron chi connectivity index (χ3n) is 2.80. The fraction of sp³-hybridized carbons (Fsp3) is 0.600. The predicted octanol–water partition coefficient (Wildman–Crippen LogP) is 0.0772. The second-order valence-electron chi connectivity index (χ2n) is 3.76. The van der Waals surface area contributed by atoms with Crippen molar-refractivity contribution in [1.82, 2.24) is 9.55 Å². The molecule has 0 saturated carbocycles. The molecule has 0 aromatic carbocycles. The van der Waals surface area contributed by atoms with Crippen LogP contribution in [-0.2, 0) is 29.0 Å². The molecule has 1 atom stereocenters. The van der Waals surface area contributed by atoms with Gasteiger partial charge >= 0.3 is 5.97 Å². The molecule has 2 N–H and O–H groups in total. The molecule has 0 bridgehead atoms. The Morgan fingerprint density at radius 1 is 1.80 bits per heavy atom. The Morgan fingerprint density at radius 2 is 2.60 bits per heavy atom. The Balaban J connectivity index is 2.15. The van der Waals surface area contributed by atoms with Crippen molar-refractivity contribution in [2.24, 2.45) is 11.7 Å². The maximum atomic E-state index is 11.4. The van der Waals surface area contributed by atoms with Gasteiger partial charge < -0.3 is 15.0 Å². The lowest BCUT2D eigenvalue weighted by molar-refractivity contribution is -0.146. The molecule has 0 amide bonds. The fourth-order valence-corrected chi connectivity index (χ4v) is 1.95. The Hall–Kier alpha value is -1.36. The van der Waals surface area contributed by atoms with Crippen molar-refractivity contribution in [2.75, 3.05) is 7.11 Å². The molecule has 1 unspecified atom stereocenters. The number of fused-ring (bicyclic) bond motifs is 1. The maximum absolute atomic E-state index is 11.4. The average molecular weight is 209 g/mol. The smallest absolute Gasteiger partial charge is 0.309 e. The normalized spacial score (nSPS) is 19.7. The van der Waals surface area contributed by atoms with Crippen LogP contribution >= 0.6 is 0 Å². The molecule has 0 aliphatic carbocycles. The monoisotopic (exact) mass is 209 g/mol. The number of hydrogen-bond acceptors (Lipinski definition) is 4. The lowest BCUT2D eigenvalue weighted by Crippen LogP contribution is -2.26. The summed E-state index contributed by atoms with van der Waals surface area (Å²) in [5.74, 6) is 0.756. The van der Waals surface area contributed by atoms with E-state index < -0.39 is 0 Å². The number of ether oxygens (including phenoxy) is 1. The van der Waals surface area contributed by atoms with Crippen LogP contribution in [0.1, 0.15) is 17.9 Å². The standard InChI is InChI=1S/C10H15N3O2/c1-15-10(14)7-2-3-13-6-8(5-11)12-9(13)4-7/h6-7H,2-5,11H2,1H3. The number of imidazole rings is 1. The minimum absolute atomic E-state index is 0.0458. The van der Waals surface area contributed by atoms with E-state index in [1.807, 2.05) is 6.20 Å². The largest absolute Gasteiger partial charge is 0.469 e. The van der Waals surface area contributed by atoms with Gasteiger partial charge in [0.05, 0.1) is 18.7 Å². The highest BCUT2D eigenvalue weighted by Crippen LogP contribution is 2.21. The van der Waals surface area contributed by atoms with Gasteiger partial charge in [-0.15, -0.1) is 0 Å². The average Bonchev–Trinajstić information content (AvgIpc) is 2.69. The van der Waals surface area contributed by atoms with Gasteiger partial charge in [0, 0.05) is 25.7 Å². The van der Waals surface area contributed by atoms with Gasteiger partial charge in [0.1, 0.15) is 5.82 Å². The molecule has 2 rings (SSSR count). The van der Waals surface area contributed by atoms with E-state index in [2.05, 4.69) is 9.55 Å². The van der Waals surface area contributed by atoms with E-state index in [1.54, 1.807) is 0 Å². The van der Waals surface area contributed by atoms with Gasteiger partial charge in [-0.25, -0.2) is 4.98 Å². The number of rotatable bonds is 2. The zero-order valence-corrected chi connectivity index (χ0v) is 8.77. The summed E-state index contributed by atoms with van der Waals surface area (Å²) in [5.41, 5.74) is 6.40. The molecule has 1 aromatic heterocycles. The topological polar surface area (TPSA) is 70.1 Å². The summed E-state index contributed by atoms with van der Waals surface area (Å²) in [6.07, 6.45) is 3.44. The first-order chi connectivity index (χ1) is 7.24. The van der Waals surface area contributed by atoms with Crippen molar-refractivity contribution in [3.63, 3.8) is 0 Å². The first kappa shape index (κ1) is 10.2. The summed E-state index contributed by atoms with van der Waals surface area (Å²) in [4.78, 5) is 15.7. The molecule has 1 aromatic rings. The Bertz CT molecular complexity index is 373. The number of methoxy groups -OCH3 is 1. The van der Waals surface area contributed by atoms with Crippen LogP contribution < -0.4 is 5.73 Å². The molecule has 0 saturated heterocycles. The van der Waals surface area contributed by atoms with Gasteiger partial charge in [0.15, 0.2) is 0 Å². The number of nitrogens with zero attached hydrogens (tertiary/aromatic N) is 2. The van der Waals surface area contributed by atoms with Gasteiger partial charge in [-0.1, -0.05) is 0 Å². The molecular weight excluding hydrogens is 194 g/mol. The number of esters is 1. The van der Waals surface area contributed by atoms with Crippen LogP contribution in [-0.4, -0.2) is 22.6 Å². The van der Waals surface area contributed by atoms with Crippen molar-refractivity contribution in [2.45, 2.75) is 25.9 Å². The van der Waals surface area contributed by atoms with Crippen LogP contribution in [0.15, 0.2) is 6.20 Å². The second-order valence-corrected chi connectivity index (χ2v) is 3.76. The number of nitrogens with two attached hydrogens (primary N) is 1. The molecular formula is C10H15N3O2. The second kappa shape index (κ2) is 4.02. The summed E-state index contributed by atoms with van der Waals surface area (Å²) < 4.78 is 6.81. The summed E-state index contributed by atoms with van der Waals surface area (Å²) >= 11 is 0. The minimum atomic E-state index is -0.140. The molecule has 0 spiro atoms. The molecule has 2 heterocycles. The SMILES string of the molecule is COC(=O)C1CCn2cc(CN)nc2C1. The number of aryl methyl sites for hydroxylation is 1. The molecule has 0 radical (unpaired) electrons. The molecule has 82 valence electrons. The van der Waals surface area contributed by atoms with E-state index >= 15 is 0 Å². The molecule has 15 heavy (non-hydrogen) atoms. The van der Waals surface area contributed by atoms with Crippen LogP contribution in [0.3, 0.4) is 0 Å². The molecule has 5 nitrogen and oxygen atoms in total. The predicted molar refractivity (Wildman–Crippen MR) is 53.9 cm³/mol. The molecule has 5 heteroatoms. The van der Waals surface area contributed by atoms with Crippen LogP contribution in [0.4, 0.5) is 0 Å². The Labute approximate surface area is 88.2 Å². The van der Waals surface area contributed by atoms with Crippen molar-refractivity contribution < 1.29 is 9.53 Å². The summed E-state index contributed by atoms with van der Waals surface area (Å²) in [6, 6.07) is 0. The van der Waals surface area contributed by atoms with E-state index in [1.165, 1.54) is 7.11 Å². The highest BCUT2D eigenvalue weighted by molar-refractivity contribution is 5.72. The van der Waals surface area contributed by atoms with Gasteiger partial charge in [-0.3, -0.25) is 4.79 Å². The van der Waals surface area contributed by atoms with Gasteiger partial charge in [0.25, 0.3) is 0 Å². The number of carbonyl (C=O) groups excluding carboxylic acids is 1. The lowest BCUT2D eigenvalue weighted by Gasteiger charge is -2.20. The van der Waals surface area contributed by atoms with E-state index in [0.29, 0.717) is 13.0 Å². The van der Waals surface area contributed by atoms with Crippen molar-refractivity contribution in [1.29, 1.82) is 0 Å². The number of hydrogen-bond donors (Lipinski definition) is 1. The summed E-state index contributed by atoms with van der Waals surface area (Å²) in [6.45, 7) is 1.27. The van der Waals surface area contributed by atoms with Gasteiger partial charge in [-0.2, -0.15) is 0 Å². The van der Waals surface area contributed by atoms with Gasteiger partial charge in [-0.05, 0) is 6.42 Å². The molecule has 1 aliphatic rings. The van der Waals surface area contributed by atoms with Crippen LogP contribution in [0, 0.1) is 5.92 Å². The summed E-state index contributed by atoms with van der Waals surface area (Å²) in [7, 11) is 1.43. The van der Waals surface area contributed by atoms with Crippen LogP contribution in [0.5, 0.6) is 0 Å².